The van der Waals surface area contributed by atoms with Crippen LogP contribution in [0, 0.1) is 5.82 Å². The molecule has 4 aromatic rings. The topological polar surface area (TPSA) is 52.5 Å². The van der Waals surface area contributed by atoms with Gasteiger partial charge in [-0.3, -0.25) is 4.79 Å². The van der Waals surface area contributed by atoms with Crippen molar-refractivity contribution < 1.29 is 18.7 Å². The van der Waals surface area contributed by atoms with Gasteiger partial charge in [0.2, 0.25) is 0 Å². The van der Waals surface area contributed by atoms with Crippen molar-refractivity contribution in [2.45, 2.75) is 13.1 Å². The van der Waals surface area contributed by atoms with Gasteiger partial charge in [0.25, 0.3) is 5.91 Å². The third-order valence-corrected chi connectivity index (χ3v) is 5.76. The Kier molecular flexibility index (Phi) is 5.72. The quantitative estimate of drug-likeness (QED) is 0.462. The van der Waals surface area contributed by atoms with Crippen LogP contribution in [0.15, 0.2) is 60.0 Å². The number of rotatable bonds is 7. The number of hydrogen-bond donors (Lipinski definition) is 1. The molecule has 0 radical (unpaired) electrons. The van der Waals surface area contributed by atoms with Crippen molar-refractivity contribution in [2.75, 3.05) is 14.2 Å². The van der Waals surface area contributed by atoms with Crippen molar-refractivity contribution in [3.63, 3.8) is 0 Å². The predicted octanol–water partition coefficient (Wildman–Crippen LogP) is 4.84. The maximum absolute atomic E-state index is 13.9. The van der Waals surface area contributed by atoms with E-state index in [1.807, 2.05) is 34.2 Å². The normalized spacial score (nSPS) is 10.9. The lowest BCUT2D eigenvalue weighted by molar-refractivity contribution is 0.0942. The van der Waals surface area contributed by atoms with E-state index in [0.29, 0.717) is 29.3 Å². The highest BCUT2D eigenvalue weighted by Crippen LogP contribution is 2.28. The summed E-state index contributed by atoms with van der Waals surface area (Å²) in [6.07, 6.45) is 0. The maximum atomic E-state index is 13.9. The molecule has 0 aliphatic heterocycles. The van der Waals surface area contributed by atoms with E-state index in [1.54, 1.807) is 49.8 Å². The van der Waals surface area contributed by atoms with Crippen LogP contribution in [0.1, 0.15) is 21.6 Å². The van der Waals surface area contributed by atoms with Gasteiger partial charge >= 0.3 is 0 Å². The first-order valence-electron chi connectivity index (χ1n) is 9.39. The summed E-state index contributed by atoms with van der Waals surface area (Å²) in [5, 5.41) is 4.83. The number of carbonyl (C=O) groups is 1. The number of hydrogen-bond acceptors (Lipinski definition) is 4. The molecule has 2 heterocycles. The second-order valence-electron chi connectivity index (χ2n) is 6.78. The van der Waals surface area contributed by atoms with Crippen molar-refractivity contribution >= 4 is 27.5 Å². The van der Waals surface area contributed by atoms with Gasteiger partial charge in [-0.05, 0) is 41.3 Å². The van der Waals surface area contributed by atoms with Gasteiger partial charge in [0.05, 0.1) is 24.4 Å². The number of thiophene rings is 1. The van der Waals surface area contributed by atoms with Crippen molar-refractivity contribution in [2.24, 2.45) is 0 Å². The van der Waals surface area contributed by atoms with E-state index in [1.165, 1.54) is 6.07 Å². The monoisotopic (exact) mass is 424 g/mol. The number of ether oxygens (including phenoxy) is 2. The van der Waals surface area contributed by atoms with Crippen LogP contribution < -0.4 is 14.8 Å². The lowest BCUT2D eigenvalue weighted by Gasteiger charge is -2.13. The first-order chi connectivity index (χ1) is 14.6. The third kappa shape index (κ3) is 4.02. The lowest BCUT2D eigenvalue weighted by Crippen LogP contribution is -2.26. The zero-order valence-corrected chi connectivity index (χ0v) is 17.5. The number of nitrogens with zero attached hydrogens (tertiary/aromatic N) is 1. The van der Waals surface area contributed by atoms with E-state index in [0.717, 1.165) is 15.8 Å². The van der Waals surface area contributed by atoms with Crippen LogP contribution in [-0.2, 0) is 13.1 Å². The summed E-state index contributed by atoms with van der Waals surface area (Å²) in [6.45, 7) is 0.591. The van der Waals surface area contributed by atoms with E-state index in [2.05, 4.69) is 5.32 Å². The fraction of sp³-hybridized carbons (Fsp3) is 0.174. The standard InChI is InChI=1S/C23H21FN2O3S/c1-28-17-9-15(10-18(11-17)29-2)14-26-20-7-8-30-22(20)12-21(26)23(27)25-13-16-5-3-4-6-19(16)24/h3-12H,13-14H2,1-2H3,(H,25,27). The number of methoxy groups -OCH3 is 2. The molecular formula is C23H21FN2O3S. The number of nitrogens with one attached hydrogen (secondary N) is 1. The number of fused-ring (bicyclic) bond motifs is 1. The zero-order valence-electron chi connectivity index (χ0n) is 16.6. The Bertz CT molecular complexity index is 1180. The predicted molar refractivity (Wildman–Crippen MR) is 116 cm³/mol. The van der Waals surface area contributed by atoms with Crippen LogP contribution in [0.2, 0.25) is 0 Å². The number of benzene rings is 2. The molecule has 0 aliphatic carbocycles. The van der Waals surface area contributed by atoms with E-state index >= 15 is 0 Å². The Labute approximate surface area is 177 Å². The largest absolute Gasteiger partial charge is 0.497 e. The van der Waals surface area contributed by atoms with E-state index in [-0.39, 0.29) is 18.3 Å². The van der Waals surface area contributed by atoms with Gasteiger partial charge in [0.1, 0.15) is 23.0 Å². The van der Waals surface area contributed by atoms with Gasteiger partial charge in [-0.15, -0.1) is 11.3 Å². The Morgan fingerprint density at radius 3 is 2.50 bits per heavy atom. The summed E-state index contributed by atoms with van der Waals surface area (Å²) in [5.74, 6) is 0.779. The highest BCUT2D eigenvalue weighted by atomic mass is 32.1. The van der Waals surface area contributed by atoms with Gasteiger partial charge in [-0.2, -0.15) is 0 Å². The molecule has 4 rings (SSSR count). The van der Waals surface area contributed by atoms with Crippen molar-refractivity contribution in [1.29, 1.82) is 0 Å². The second kappa shape index (κ2) is 8.59. The minimum Gasteiger partial charge on any atom is -0.497 e. The summed E-state index contributed by atoms with van der Waals surface area (Å²) >= 11 is 1.57. The number of carbonyl (C=O) groups excluding carboxylic acids is 1. The molecule has 0 saturated carbocycles. The minimum atomic E-state index is -0.336. The summed E-state index contributed by atoms with van der Waals surface area (Å²) < 4.78 is 27.6. The first-order valence-corrected chi connectivity index (χ1v) is 10.3. The molecular weight excluding hydrogens is 403 g/mol. The van der Waals surface area contributed by atoms with Crippen LogP contribution in [0.5, 0.6) is 11.5 Å². The fourth-order valence-corrected chi connectivity index (χ4v) is 4.21. The van der Waals surface area contributed by atoms with Crippen LogP contribution in [-0.4, -0.2) is 24.7 Å². The molecule has 2 aromatic heterocycles. The molecule has 0 saturated heterocycles. The van der Waals surface area contributed by atoms with Crippen LogP contribution >= 0.6 is 11.3 Å². The SMILES string of the molecule is COc1cc(Cn2c(C(=O)NCc3ccccc3F)cc3sccc32)cc(OC)c1. The molecule has 0 bridgehead atoms. The van der Waals surface area contributed by atoms with Crippen molar-refractivity contribution in [3.8, 4) is 11.5 Å². The van der Waals surface area contributed by atoms with Gasteiger partial charge in [-0.25, -0.2) is 4.39 Å². The first kappa shape index (κ1) is 20.0. The molecule has 0 atom stereocenters. The molecule has 0 aliphatic rings. The average molecular weight is 424 g/mol. The Morgan fingerprint density at radius 2 is 1.80 bits per heavy atom. The molecule has 1 N–H and O–H groups in total. The summed E-state index contributed by atoms with van der Waals surface area (Å²) in [6, 6.07) is 15.9. The summed E-state index contributed by atoms with van der Waals surface area (Å²) in [4.78, 5) is 13.0. The minimum absolute atomic E-state index is 0.122. The molecule has 0 fully saturated rings. The molecule has 154 valence electrons. The summed E-state index contributed by atoms with van der Waals surface area (Å²) in [5.41, 5.74) is 2.88. The van der Waals surface area contributed by atoms with E-state index in [4.69, 9.17) is 9.47 Å². The Morgan fingerprint density at radius 1 is 1.07 bits per heavy atom. The highest BCUT2D eigenvalue weighted by molar-refractivity contribution is 7.17. The number of aromatic nitrogens is 1. The molecule has 2 aromatic carbocycles. The molecule has 5 nitrogen and oxygen atoms in total. The van der Waals surface area contributed by atoms with Gasteiger partial charge in [-0.1, -0.05) is 18.2 Å². The number of halogens is 1. The maximum Gasteiger partial charge on any atom is 0.268 e. The van der Waals surface area contributed by atoms with Gasteiger partial charge in [0, 0.05) is 24.7 Å². The van der Waals surface area contributed by atoms with E-state index < -0.39 is 0 Å². The van der Waals surface area contributed by atoms with Gasteiger partial charge < -0.3 is 19.4 Å². The van der Waals surface area contributed by atoms with Gasteiger partial charge in [0.15, 0.2) is 0 Å². The third-order valence-electron chi connectivity index (χ3n) is 4.90. The zero-order chi connectivity index (χ0) is 21.1. The second-order valence-corrected chi connectivity index (χ2v) is 7.73. The van der Waals surface area contributed by atoms with Crippen molar-refractivity contribution in [1.82, 2.24) is 9.88 Å². The molecule has 7 heteroatoms. The molecule has 30 heavy (non-hydrogen) atoms. The van der Waals surface area contributed by atoms with Crippen molar-refractivity contribution in [3.05, 3.63) is 82.6 Å². The van der Waals surface area contributed by atoms with Crippen LogP contribution in [0.25, 0.3) is 10.2 Å². The molecule has 0 unspecified atom stereocenters. The van der Waals surface area contributed by atoms with Crippen LogP contribution in [0.3, 0.4) is 0 Å². The molecule has 0 spiro atoms. The lowest BCUT2D eigenvalue weighted by atomic mass is 10.2. The Balaban J connectivity index is 1.64. The fourth-order valence-electron chi connectivity index (χ4n) is 3.38. The van der Waals surface area contributed by atoms with Crippen LogP contribution in [0.4, 0.5) is 4.39 Å². The Hall–Kier alpha value is -3.32. The summed E-state index contributed by atoms with van der Waals surface area (Å²) in [7, 11) is 3.21. The smallest absolute Gasteiger partial charge is 0.268 e. The molecule has 1 amide bonds. The highest BCUT2D eigenvalue weighted by Gasteiger charge is 2.17. The average Bonchev–Trinajstić information content (AvgIpc) is 3.35. The van der Waals surface area contributed by atoms with E-state index in [9.17, 15) is 9.18 Å². The number of amides is 1.